The molecular formula is C27H32FN5O4. The lowest BCUT2D eigenvalue weighted by atomic mass is 9.96. The maximum atomic E-state index is 13.7. The molecule has 0 bridgehead atoms. The predicted octanol–water partition coefficient (Wildman–Crippen LogP) is 3.31. The van der Waals surface area contributed by atoms with Crippen molar-refractivity contribution in [1.29, 1.82) is 0 Å². The van der Waals surface area contributed by atoms with E-state index in [4.69, 9.17) is 9.72 Å². The summed E-state index contributed by atoms with van der Waals surface area (Å²) >= 11 is 0. The van der Waals surface area contributed by atoms with Crippen LogP contribution in [0.15, 0.2) is 36.4 Å². The summed E-state index contributed by atoms with van der Waals surface area (Å²) < 4.78 is 21.4. The van der Waals surface area contributed by atoms with E-state index < -0.39 is 6.35 Å². The van der Waals surface area contributed by atoms with Crippen molar-refractivity contribution >= 4 is 11.7 Å². The Morgan fingerprint density at radius 1 is 1.11 bits per heavy atom. The first-order valence-corrected chi connectivity index (χ1v) is 12.8. The van der Waals surface area contributed by atoms with E-state index in [1.165, 1.54) is 17.0 Å². The van der Waals surface area contributed by atoms with Crippen LogP contribution in [0.2, 0.25) is 0 Å². The largest absolute Gasteiger partial charge is 0.474 e. The quantitative estimate of drug-likeness (QED) is 0.456. The number of pyridine rings is 1. The van der Waals surface area contributed by atoms with Gasteiger partial charge in [0.2, 0.25) is 12.2 Å². The lowest BCUT2D eigenvalue weighted by molar-refractivity contribution is -0.00104. The Morgan fingerprint density at radius 2 is 1.86 bits per heavy atom. The minimum atomic E-state index is -1.20. The van der Waals surface area contributed by atoms with Crippen molar-refractivity contribution in [3.05, 3.63) is 59.2 Å². The zero-order valence-corrected chi connectivity index (χ0v) is 21.1. The Bertz CT molecular complexity index is 1270. The van der Waals surface area contributed by atoms with Crippen molar-refractivity contribution in [2.45, 2.75) is 58.5 Å². The van der Waals surface area contributed by atoms with Crippen LogP contribution in [0, 0.1) is 12.7 Å². The van der Waals surface area contributed by atoms with Gasteiger partial charge in [-0.15, -0.1) is 0 Å². The second-order valence-corrected chi connectivity index (χ2v) is 9.48. The van der Waals surface area contributed by atoms with Gasteiger partial charge in [-0.3, -0.25) is 9.69 Å². The molecule has 0 spiro atoms. The van der Waals surface area contributed by atoms with Gasteiger partial charge >= 0.3 is 0 Å². The zero-order valence-electron chi connectivity index (χ0n) is 21.1. The minimum Gasteiger partial charge on any atom is -0.474 e. The van der Waals surface area contributed by atoms with Gasteiger partial charge in [0.25, 0.3) is 5.91 Å². The Morgan fingerprint density at radius 3 is 2.49 bits per heavy atom. The fraction of sp³-hybridized carbons (Fsp3) is 0.444. The topological polar surface area (TPSA) is 104 Å². The molecule has 3 heterocycles. The summed E-state index contributed by atoms with van der Waals surface area (Å²) in [5.41, 5.74) is 2.56. The van der Waals surface area contributed by atoms with Crippen LogP contribution < -0.4 is 9.64 Å². The lowest BCUT2D eigenvalue weighted by Gasteiger charge is -2.40. The van der Waals surface area contributed by atoms with E-state index in [-0.39, 0.29) is 37.5 Å². The van der Waals surface area contributed by atoms with Crippen molar-refractivity contribution in [2.24, 2.45) is 0 Å². The highest BCUT2D eigenvalue weighted by Gasteiger charge is 2.41. The second kappa shape index (κ2) is 10.5. The molecule has 0 radical (unpaired) electrons. The molecule has 1 aliphatic carbocycles. The Balaban J connectivity index is 1.62. The molecule has 1 atom stereocenters. The van der Waals surface area contributed by atoms with E-state index >= 15 is 0 Å². The molecule has 2 aliphatic rings. The van der Waals surface area contributed by atoms with Crippen molar-refractivity contribution in [2.75, 3.05) is 24.6 Å². The highest BCUT2D eigenvalue weighted by Crippen LogP contribution is 2.36. The smallest absolute Gasteiger partial charge is 0.277 e. The molecule has 1 saturated carbocycles. The number of carbonyl (C=O) groups excluding carboxylic acids is 1. The van der Waals surface area contributed by atoms with Gasteiger partial charge in [0, 0.05) is 37.9 Å². The molecule has 1 unspecified atom stereocenters. The number of aliphatic hydroxyl groups excluding tert-OH is 2. The number of anilines is 1. The number of aromatic nitrogens is 3. The van der Waals surface area contributed by atoms with Crippen LogP contribution in [0.5, 0.6) is 5.88 Å². The molecule has 1 aliphatic heterocycles. The molecule has 1 aromatic carbocycles. The fourth-order valence-corrected chi connectivity index (χ4v) is 4.77. The predicted molar refractivity (Wildman–Crippen MR) is 136 cm³/mol. The molecule has 196 valence electrons. The van der Waals surface area contributed by atoms with Crippen LogP contribution in [0.25, 0.3) is 11.4 Å². The van der Waals surface area contributed by atoms with Crippen LogP contribution in [-0.2, 0) is 6.54 Å². The fourth-order valence-electron chi connectivity index (χ4n) is 4.77. The molecule has 1 fully saturated rings. The van der Waals surface area contributed by atoms with Gasteiger partial charge in [-0.05, 0) is 63.3 Å². The number of nitrogens with zero attached hydrogens (tertiary/aromatic N) is 5. The van der Waals surface area contributed by atoms with Crippen LogP contribution in [0.4, 0.5) is 10.2 Å². The molecule has 2 aromatic heterocycles. The summed E-state index contributed by atoms with van der Waals surface area (Å²) in [4.78, 5) is 26.2. The van der Waals surface area contributed by atoms with E-state index in [1.54, 1.807) is 17.0 Å². The molecule has 9 nitrogen and oxygen atoms in total. The minimum absolute atomic E-state index is 0.101. The van der Waals surface area contributed by atoms with Gasteiger partial charge in [-0.2, -0.15) is 0 Å². The van der Waals surface area contributed by atoms with Gasteiger partial charge in [0.15, 0.2) is 11.5 Å². The van der Waals surface area contributed by atoms with Gasteiger partial charge in [0.05, 0.1) is 5.69 Å². The average molecular weight is 510 g/mol. The summed E-state index contributed by atoms with van der Waals surface area (Å²) in [6.07, 6.45) is 2.56. The number of fused-ring (bicyclic) bond motifs is 1. The number of aryl methyl sites for hydroxylation is 1. The van der Waals surface area contributed by atoms with Crippen molar-refractivity contribution in [3.8, 4) is 17.3 Å². The molecule has 3 aromatic rings. The van der Waals surface area contributed by atoms with Crippen LogP contribution >= 0.6 is 0 Å². The number of benzene rings is 1. The number of aliphatic hydroxyl groups is 2. The molecule has 0 saturated heterocycles. The lowest BCUT2D eigenvalue weighted by Crippen LogP contribution is -2.56. The third-order valence-electron chi connectivity index (χ3n) is 7.03. The monoisotopic (exact) mass is 509 g/mol. The number of hydrogen-bond acceptors (Lipinski definition) is 7. The number of rotatable bonds is 9. The van der Waals surface area contributed by atoms with E-state index in [9.17, 15) is 19.4 Å². The third-order valence-corrected chi connectivity index (χ3v) is 7.03. The zero-order chi connectivity index (χ0) is 26.1. The van der Waals surface area contributed by atoms with E-state index in [1.807, 2.05) is 30.5 Å². The number of hydrogen-bond donors (Lipinski definition) is 2. The number of halogens is 1. The van der Waals surface area contributed by atoms with Crippen LogP contribution in [-0.4, -0.2) is 67.7 Å². The summed E-state index contributed by atoms with van der Waals surface area (Å²) in [5, 5.41) is 20.3. The summed E-state index contributed by atoms with van der Waals surface area (Å²) in [6.45, 7) is 4.53. The highest BCUT2D eigenvalue weighted by atomic mass is 19.1. The van der Waals surface area contributed by atoms with E-state index in [0.29, 0.717) is 41.9 Å². The van der Waals surface area contributed by atoms with Crippen molar-refractivity contribution < 1.29 is 24.1 Å². The number of ether oxygens (including phenoxy) is 1. The Hall–Kier alpha value is -3.50. The second-order valence-electron chi connectivity index (χ2n) is 9.48. The molecular weight excluding hydrogens is 477 g/mol. The van der Waals surface area contributed by atoms with Gasteiger partial charge in [0.1, 0.15) is 17.7 Å². The maximum absolute atomic E-state index is 13.7. The van der Waals surface area contributed by atoms with Gasteiger partial charge in [-0.25, -0.2) is 14.4 Å². The molecule has 37 heavy (non-hydrogen) atoms. The molecule has 10 heteroatoms. The average Bonchev–Trinajstić information content (AvgIpc) is 3.22. The standard InChI is InChI=1S/C27H32FN5O4/c1-3-31-25-23(26(35)32(27(31)36)14-5-15-34)33(16-18-8-10-19(28)11-9-18)24(30-25)21-12-13-22(29-17(21)2)37-20-6-4-7-20/h8-13,20,27,34,36H,3-7,14-16H2,1-2H3. The first-order valence-electron chi connectivity index (χ1n) is 12.8. The number of imidazole rings is 1. The Kier molecular flexibility index (Phi) is 7.12. The SMILES string of the molecule is CCN1c2nc(-c3ccc(OC4CCC4)nc3C)n(Cc3ccc(F)cc3)c2C(=O)N(CCCO)C1O. The maximum Gasteiger partial charge on any atom is 0.277 e. The van der Waals surface area contributed by atoms with Crippen LogP contribution in [0.3, 0.4) is 0 Å². The van der Waals surface area contributed by atoms with Crippen LogP contribution in [0.1, 0.15) is 54.4 Å². The molecule has 2 N–H and O–H groups in total. The summed E-state index contributed by atoms with van der Waals surface area (Å²) in [7, 11) is 0. The molecule has 1 amide bonds. The van der Waals surface area contributed by atoms with E-state index in [0.717, 1.165) is 30.4 Å². The van der Waals surface area contributed by atoms with E-state index in [2.05, 4.69) is 4.98 Å². The Labute approximate surface area is 215 Å². The number of carbonyl (C=O) groups is 1. The first kappa shape index (κ1) is 25.2. The third kappa shape index (κ3) is 4.78. The van der Waals surface area contributed by atoms with Gasteiger partial charge in [-0.1, -0.05) is 12.1 Å². The van der Waals surface area contributed by atoms with Gasteiger partial charge < -0.3 is 24.4 Å². The summed E-state index contributed by atoms with van der Waals surface area (Å²) in [5.74, 6) is 0.746. The number of amides is 1. The first-order chi connectivity index (χ1) is 17.9. The van der Waals surface area contributed by atoms with Crippen molar-refractivity contribution in [1.82, 2.24) is 19.4 Å². The summed E-state index contributed by atoms with van der Waals surface area (Å²) in [6, 6.07) is 9.83. The van der Waals surface area contributed by atoms with Crippen molar-refractivity contribution in [3.63, 3.8) is 0 Å². The highest BCUT2D eigenvalue weighted by molar-refractivity contribution is 6.00. The molecule has 5 rings (SSSR count). The normalized spacial score (nSPS) is 17.6.